The molecule has 0 bridgehead atoms. The fraction of sp³-hybridized carbons (Fsp3) is 0.273. The molecule has 0 aliphatic rings. The second-order valence-electron chi connectivity index (χ2n) is 7.24. The van der Waals surface area contributed by atoms with E-state index in [4.69, 9.17) is 4.74 Å². The molecule has 0 fully saturated rings. The summed E-state index contributed by atoms with van der Waals surface area (Å²) in [6.45, 7) is 1.24. The molecule has 1 heterocycles. The largest absolute Gasteiger partial charge is 0.573 e. The third kappa shape index (κ3) is 7.21. The smallest absolute Gasteiger partial charge is 0.494 e. The van der Waals surface area contributed by atoms with Crippen LogP contribution < -0.4 is 20.1 Å². The zero-order chi connectivity index (χ0) is 24.0. The van der Waals surface area contributed by atoms with Crippen molar-refractivity contribution >= 4 is 17.5 Å². The van der Waals surface area contributed by atoms with Crippen molar-refractivity contribution in [2.24, 2.45) is 0 Å². The lowest BCUT2D eigenvalue weighted by Crippen LogP contribution is -2.21. The maximum Gasteiger partial charge on any atom is 0.573 e. The van der Waals surface area contributed by atoms with Gasteiger partial charge in [-0.2, -0.15) is 4.98 Å². The van der Waals surface area contributed by atoms with Crippen molar-refractivity contribution in [1.29, 1.82) is 0 Å². The summed E-state index contributed by atoms with van der Waals surface area (Å²) >= 11 is 0. The van der Waals surface area contributed by atoms with Gasteiger partial charge in [-0.15, -0.1) is 13.2 Å². The molecule has 0 atom stereocenters. The molecule has 3 rings (SSSR count). The van der Waals surface area contributed by atoms with Crippen LogP contribution in [0.4, 0.5) is 35.0 Å². The molecule has 0 unspecified atom stereocenters. The fourth-order valence-electron chi connectivity index (χ4n) is 2.87. The van der Waals surface area contributed by atoms with Crippen molar-refractivity contribution in [3.8, 4) is 22.8 Å². The predicted octanol–water partition coefficient (Wildman–Crippen LogP) is 4.91. The van der Waals surface area contributed by atoms with Gasteiger partial charge in [0.15, 0.2) is 11.6 Å². The van der Waals surface area contributed by atoms with E-state index >= 15 is 0 Å². The highest BCUT2D eigenvalue weighted by Crippen LogP contribution is 2.30. The summed E-state index contributed by atoms with van der Waals surface area (Å²) < 4.78 is 60.9. The number of hydrogen-bond acceptors (Lipinski definition) is 7. The van der Waals surface area contributed by atoms with Gasteiger partial charge in [-0.05, 0) is 38.4 Å². The molecular formula is C22H23F4N5O2. The third-order valence-electron chi connectivity index (χ3n) is 4.36. The third-order valence-corrected chi connectivity index (χ3v) is 4.36. The first-order chi connectivity index (χ1) is 15.6. The summed E-state index contributed by atoms with van der Waals surface area (Å²) in [4.78, 5) is 10.8. The number of alkyl halides is 3. The van der Waals surface area contributed by atoms with Crippen LogP contribution in [-0.2, 0) is 0 Å². The summed E-state index contributed by atoms with van der Waals surface area (Å²) in [7, 11) is 5.19. The molecular weight excluding hydrogens is 442 g/mol. The van der Waals surface area contributed by atoms with Gasteiger partial charge in [-0.3, -0.25) is 0 Å². The van der Waals surface area contributed by atoms with E-state index in [1.54, 1.807) is 18.2 Å². The lowest BCUT2D eigenvalue weighted by molar-refractivity contribution is -0.274. The van der Waals surface area contributed by atoms with Gasteiger partial charge in [-0.1, -0.05) is 12.1 Å². The molecule has 3 aromatic rings. The van der Waals surface area contributed by atoms with Gasteiger partial charge < -0.3 is 25.0 Å². The Hall–Kier alpha value is -3.60. The highest BCUT2D eigenvalue weighted by atomic mass is 19.4. The van der Waals surface area contributed by atoms with Gasteiger partial charge in [0.2, 0.25) is 5.95 Å². The topological polar surface area (TPSA) is 71.5 Å². The van der Waals surface area contributed by atoms with Crippen LogP contribution in [0.15, 0.2) is 48.5 Å². The number of nitrogens with zero attached hydrogens (tertiary/aromatic N) is 3. The van der Waals surface area contributed by atoms with Crippen LogP contribution >= 0.6 is 0 Å². The summed E-state index contributed by atoms with van der Waals surface area (Å²) in [6, 6.07) is 11.3. The summed E-state index contributed by atoms with van der Waals surface area (Å²) in [5.41, 5.74) is 1.14. The fourth-order valence-corrected chi connectivity index (χ4v) is 2.87. The molecule has 0 aliphatic carbocycles. The number of nitrogens with one attached hydrogen (secondary N) is 2. The van der Waals surface area contributed by atoms with Crippen molar-refractivity contribution in [2.75, 3.05) is 44.9 Å². The summed E-state index contributed by atoms with van der Waals surface area (Å²) in [6.07, 6.45) is -4.81. The number of anilines is 3. The Labute approximate surface area is 188 Å². The molecule has 0 radical (unpaired) electrons. The first-order valence-corrected chi connectivity index (χ1v) is 9.87. The Kier molecular flexibility index (Phi) is 7.54. The number of halogens is 4. The number of methoxy groups -OCH3 is 1. The lowest BCUT2D eigenvalue weighted by atomic mass is 10.1. The second-order valence-corrected chi connectivity index (χ2v) is 7.24. The number of rotatable bonds is 9. The van der Waals surface area contributed by atoms with Crippen LogP contribution in [0.1, 0.15) is 0 Å². The number of aromatic nitrogens is 2. The molecule has 0 aliphatic heterocycles. The minimum Gasteiger partial charge on any atom is -0.494 e. The van der Waals surface area contributed by atoms with Crippen LogP contribution in [0, 0.1) is 5.82 Å². The monoisotopic (exact) mass is 465 g/mol. The molecule has 2 N–H and O–H groups in total. The second kappa shape index (κ2) is 10.3. The minimum absolute atomic E-state index is 0.0939. The van der Waals surface area contributed by atoms with E-state index in [9.17, 15) is 17.6 Å². The van der Waals surface area contributed by atoms with E-state index in [1.165, 1.54) is 37.4 Å². The van der Waals surface area contributed by atoms with Gasteiger partial charge in [0.05, 0.1) is 12.8 Å². The van der Waals surface area contributed by atoms with Crippen molar-refractivity contribution in [3.05, 3.63) is 54.3 Å². The van der Waals surface area contributed by atoms with Crippen LogP contribution in [0.2, 0.25) is 0 Å². The zero-order valence-corrected chi connectivity index (χ0v) is 18.2. The predicted molar refractivity (Wildman–Crippen MR) is 117 cm³/mol. The molecule has 11 heteroatoms. The number of likely N-dealkylation sites (N-methyl/N-ethyl adjacent to an activating group) is 1. The lowest BCUT2D eigenvalue weighted by Gasteiger charge is -2.14. The van der Waals surface area contributed by atoms with Crippen LogP contribution in [0.3, 0.4) is 0 Å². The van der Waals surface area contributed by atoms with E-state index in [0.29, 0.717) is 35.9 Å². The standard InChI is InChI=1S/C22H23F4N5O2/c1-31(2)10-9-27-21-29-18(14-5-4-6-16(11-14)33-22(24,25)26)13-20(30-21)28-15-7-8-19(32-3)17(23)12-15/h4-8,11-13H,9-10H2,1-3H3,(H2,27,28,29,30). The van der Waals surface area contributed by atoms with Crippen LogP contribution in [-0.4, -0.2) is 55.5 Å². The molecule has 0 saturated carbocycles. The molecule has 0 spiro atoms. The average Bonchev–Trinajstić information content (AvgIpc) is 2.72. The minimum atomic E-state index is -4.81. The maximum absolute atomic E-state index is 14.1. The summed E-state index contributed by atoms with van der Waals surface area (Å²) in [5.74, 6) is -0.255. The van der Waals surface area contributed by atoms with Gasteiger partial charge in [0.1, 0.15) is 11.6 Å². The van der Waals surface area contributed by atoms with E-state index in [0.717, 1.165) is 0 Å². The van der Waals surface area contributed by atoms with E-state index in [1.807, 2.05) is 19.0 Å². The van der Waals surface area contributed by atoms with Crippen molar-refractivity contribution in [1.82, 2.24) is 14.9 Å². The molecule has 33 heavy (non-hydrogen) atoms. The number of ether oxygens (including phenoxy) is 2. The first kappa shape index (κ1) is 24.1. The maximum atomic E-state index is 14.1. The highest BCUT2D eigenvalue weighted by molar-refractivity contribution is 5.68. The van der Waals surface area contributed by atoms with Crippen molar-refractivity contribution < 1.29 is 27.0 Å². The van der Waals surface area contributed by atoms with Crippen LogP contribution in [0.25, 0.3) is 11.3 Å². The Morgan fingerprint density at radius 2 is 1.82 bits per heavy atom. The Morgan fingerprint density at radius 1 is 1.03 bits per heavy atom. The van der Waals surface area contributed by atoms with Crippen LogP contribution in [0.5, 0.6) is 11.5 Å². The van der Waals surface area contributed by atoms with Gasteiger partial charge in [-0.25, -0.2) is 9.37 Å². The number of hydrogen-bond donors (Lipinski definition) is 2. The molecule has 0 saturated heterocycles. The van der Waals surface area contributed by atoms with E-state index < -0.39 is 12.2 Å². The quantitative estimate of drug-likeness (QED) is 0.435. The normalized spacial score (nSPS) is 11.4. The average molecular weight is 465 g/mol. The van der Waals surface area contributed by atoms with Gasteiger partial charge in [0, 0.05) is 36.5 Å². The Bertz CT molecular complexity index is 1090. The zero-order valence-electron chi connectivity index (χ0n) is 18.2. The number of benzene rings is 2. The molecule has 176 valence electrons. The van der Waals surface area contributed by atoms with Crippen molar-refractivity contribution in [2.45, 2.75) is 6.36 Å². The first-order valence-electron chi connectivity index (χ1n) is 9.87. The summed E-state index contributed by atoms with van der Waals surface area (Å²) in [5, 5.41) is 6.08. The van der Waals surface area contributed by atoms with Gasteiger partial charge >= 0.3 is 6.36 Å². The van der Waals surface area contributed by atoms with Crippen molar-refractivity contribution in [3.63, 3.8) is 0 Å². The Morgan fingerprint density at radius 3 is 2.48 bits per heavy atom. The molecule has 7 nitrogen and oxygen atoms in total. The molecule has 0 amide bonds. The highest BCUT2D eigenvalue weighted by Gasteiger charge is 2.31. The van der Waals surface area contributed by atoms with E-state index in [-0.39, 0.29) is 17.4 Å². The van der Waals surface area contributed by atoms with E-state index in [2.05, 4.69) is 25.3 Å². The molecule has 2 aromatic carbocycles. The van der Waals surface area contributed by atoms with Gasteiger partial charge in [0.25, 0.3) is 0 Å². The SMILES string of the molecule is COc1ccc(Nc2cc(-c3cccc(OC(F)(F)F)c3)nc(NCCN(C)C)n2)cc1F. The Balaban J connectivity index is 1.94. The molecule has 1 aromatic heterocycles.